The lowest BCUT2D eigenvalue weighted by Crippen LogP contribution is -2.44. The second-order valence-corrected chi connectivity index (χ2v) is 5.68. The summed E-state index contributed by atoms with van der Waals surface area (Å²) in [5.41, 5.74) is 8.08. The first-order valence-corrected chi connectivity index (χ1v) is 7.30. The van der Waals surface area contributed by atoms with E-state index in [2.05, 4.69) is 17.9 Å². The molecule has 1 aliphatic heterocycles. The Bertz CT molecular complexity index is 425. The van der Waals surface area contributed by atoms with Gasteiger partial charge in [-0.25, -0.2) is 0 Å². The number of para-hydroxylation sites is 1. The quantitative estimate of drug-likeness (QED) is 0.923. The predicted octanol–water partition coefficient (Wildman–Crippen LogP) is 2.70. The molecule has 3 nitrogen and oxygen atoms in total. The van der Waals surface area contributed by atoms with Gasteiger partial charge in [-0.3, -0.25) is 0 Å². The lowest BCUT2D eigenvalue weighted by Gasteiger charge is -2.38. The molecule has 0 bridgehead atoms. The van der Waals surface area contributed by atoms with Crippen molar-refractivity contribution in [3.63, 3.8) is 0 Å². The lowest BCUT2D eigenvalue weighted by molar-refractivity contribution is 0.0498. The Balaban J connectivity index is 2.26. The Morgan fingerprint density at radius 2 is 2.26 bits per heavy atom. The fraction of sp³-hybridized carbons (Fsp3) is 0.600. The molecule has 1 saturated heterocycles. The minimum atomic E-state index is 0.274. The van der Waals surface area contributed by atoms with Gasteiger partial charge in [0.25, 0.3) is 0 Å². The molecule has 0 spiro atoms. The molecular formula is C15H23ClN2O. The van der Waals surface area contributed by atoms with Gasteiger partial charge in [-0.2, -0.15) is 0 Å². The van der Waals surface area contributed by atoms with Gasteiger partial charge < -0.3 is 15.4 Å². The van der Waals surface area contributed by atoms with Crippen molar-refractivity contribution in [2.75, 3.05) is 31.6 Å². The van der Waals surface area contributed by atoms with Crippen molar-refractivity contribution in [3.05, 3.63) is 28.8 Å². The maximum atomic E-state index is 6.40. The van der Waals surface area contributed by atoms with Crippen LogP contribution in [0.4, 0.5) is 5.69 Å². The summed E-state index contributed by atoms with van der Waals surface area (Å²) < 4.78 is 5.59. The molecule has 0 saturated carbocycles. The zero-order chi connectivity index (χ0) is 13.8. The number of rotatable bonds is 4. The first kappa shape index (κ1) is 14.6. The Morgan fingerprint density at radius 3 is 2.95 bits per heavy atom. The maximum Gasteiger partial charge on any atom is 0.0772 e. The summed E-state index contributed by atoms with van der Waals surface area (Å²) in [6.07, 6.45) is 2.27. The first-order valence-electron chi connectivity index (χ1n) is 6.92. The van der Waals surface area contributed by atoms with Crippen molar-refractivity contribution in [1.29, 1.82) is 0 Å². The minimum absolute atomic E-state index is 0.274. The Morgan fingerprint density at radius 1 is 1.47 bits per heavy atom. The highest BCUT2D eigenvalue weighted by molar-refractivity contribution is 6.33. The third kappa shape index (κ3) is 3.22. The molecule has 2 atom stereocenters. The van der Waals surface area contributed by atoms with Gasteiger partial charge in [-0.15, -0.1) is 0 Å². The van der Waals surface area contributed by atoms with Crippen molar-refractivity contribution in [2.45, 2.75) is 25.9 Å². The highest BCUT2D eigenvalue weighted by Crippen LogP contribution is 2.33. The molecule has 2 rings (SSSR count). The predicted molar refractivity (Wildman–Crippen MR) is 81.0 cm³/mol. The number of hydrogen-bond acceptors (Lipinski definition) is 3. The van der Waals surface area contributed by atoms with Gasteiger partial charge in [0, 0.05) is 20.2 Å². The van der Waals surface area contributed by atoms with Crippen LogP contribution in [0.15, 0.2) is 18.2 Å². The normalized spacial score (nSPS) is 23.7. The average molecular weight is 283 g/mol. The van der Waals surface area contributed by atoms with Crippen LogP contribution < -0.4 is 10.6 Å². The number of methoxy groups -OCH3 is 1. The monoisotopic (exact) mass is 282 g/mol. The van der Waals surface area contributed by atoms with Crippen LogP contribution in [-0.4, -0.2) is 32.8 Å². The zero-order valence-electron chi connectivity index (χ0n) is 11.7. The third-order valence-corrected chi connectivity index (χ3v) is 4.30. The van der Waals surface area contributed by atoms with Crippen LogP contribution in [0.3, 0.4) is 0 Å². The van der Waals surface area contributed by atoms with Gasteiger partial charge in [-0.1, -0.05) is 30.7 Å². The largest absolute Gasteiger partial charge is 0.379 e. The summed E-state index contributed by atoms with van der Waals surface area (Å²) in [6.45, 7) is 4.82. The van der Waals surface area contributed by atoms with E-state index in [-0.39, 0.29) is 6.10 Å². The Labute approximate surface area is 120 Å². The summed E-state index contributed by atoms with van der Waals surface area (Å²) in [6, 6.07) is 6.07. The second-order valence-electron chi connectivity index (χ2n) is 5.27. The van der Waals surface area contributed by atoms with E-state index in [1.165, 1.54) is 5.56 Å². The van der Waals surface area contributed by atoms with E-state index < -0.39 is 0 Å². The number of benzene rings is 1. The van der Waals surface area contributed by atoms with Gasteiger partial charge in [0.1, 0.15) is 0 Å². The van der Waals surface area contributed by atoms with Crippen molar-refractivity contribution in [1.82, 2.24) is 0 Å². The molecule has 106 valence electrons. The number of ether oxygens (including phenoxy) is 1. The molecule has 0 aromatic heterocycles. The summed E-state index contributed by atoms with van der Waals surface area (Å²) in [5.74, 6) is 0.599. The summed E-state index contributed by atoms with van der Waals surface area (Å²) in [7, 11) is 1.79. The van der Waals surface area contributed by atoms with Gasteiger partial charge in [0.15, 0.2) is 0 Å². The van der Waals surface area contributed by atoms with E-state index in [1.807, 2.05) is 12.1 Å². The standard InChI is InChI=1S/C15H23ClN2O/c1-11-7-9-18(10-14(11)19-2)15-12(6-8-17)4-3-5-13(15)16/h3-5,11,14H,6-10,17H2,1-2H3. The van der Waals surface area contributed by atoms with Crippen molar-refractivity contribution in [2.24, 2.45) is 11.7 Å². The molecule has 1 aromatic rings. The molecular weight excluding hydrogens is 260 g/mol. The van der Waals surface area contributed by atoms with Crippen LogP contribution >= 0.6 is 11.6 Å². The van der Waals surface area contributed by atoms with Crippen LogP contribution in [0.5, 0.6) is 0 Å². The number of piperidine rings is 1. The SMILES string of the molecule is COC1CN(c2c(Cl)cccc2CCN)CCC1C. The number of halogens is 1. The van der Waals surface area contributed by atoms with Gasteiger partial charge in [-0.05, 0) is 36.9 Å². The molecule has 1 aromatic carbocycles. The molecule has 2 unspecified atom stereocenters. The van der Waals surface area contributed by atoms with E-state index >= 15 is 0 Å². The van der Waals surface area contributed by atoms with Crippen molar-refractivity contribution in [3.8, 4) is 0 Å². The molecule has 1 fully saturated rings. The molecule has 0 aliphatic carbocycles. The second kappa shape index (κ2) is 6.60. The van der Waals surface area contributed by atoms with E-state index in [0.717, 1.165) is 36.6 Å². The van der Waals surface area contributed by atoms with E-state index in [0.29, 0.717) is 12.5 Å². The van der Waals surface area contributed by atoms with E-state index in [4.69, 9.17) is 22.1 Å². The number of nitrogens with two attached hydrogens (primary N) is 1. The maximum absolute atomic E-state index is 6.40. The van der Waals surface area contributed by atoms with Crippen LogP contribution in [0.25, 0.3) is 0 Å². The smallest absolute Gasteiger partial charge is 0.0772 e. The number of nitrogens with zero attached hydrogens (tertiary/aromatic N) is 1. The average Bonchev–Trinajstić information content (AvgIpc) is 2.40. The molecule has 0 radical (unpaired) electrons. The molecule has 0 amide bonds. The molecule has 1 aliphatic rings. The fourth-order valence-electron chi connectivity index (χ4n) is 2.82. The van der Waals surface area contributed by atoms with Crippen molar-refractivity contribution >= 4 is 17.3 Å². The van der Waals surface area contributed by atoms with Gasteiger partial charge in [0.2, 0.25) is 0 Å². The lowest BCUT2D eigenvalue weighted by atomic mass is 9.94. The summed E-state index contributed by atoms with van der Waals surface area (Å²) in [4.78, 5) is 2.35. The topological polar surface area (TPSA) is 38.5 Å². The minimum Gasteiger partial charge on any atom is -0.379 e. The number of hydrogen-bond donors (Lipinski definition) is 1. The van der Waals surface area contributed by atoms with Crippen LogP contribution in [0.2, 0.25) is 5.02 Å². The van der Waals surface area contributed by atoms with Crippen molar-refractivity contribution < 1.29 is 4.74 Å². The Kier molecular flexibility index (Phi) is 5.08. The van der Waals surface area contributed by atoms with E-state index in [1.54, 1.807) is 7.11 Å². The van der Waals surface area contributed by atoms with E-state index in [9.17, 15) is 0 Å². The van der Waals surface area contributed by atoms with Crippen LogP contribution in [-0.2, 0) is 11.2 Å². The van der Waals surface area contributed by atoms with Crippen LogP contribution in [0.1, 0.15) is 18.9 Å². The summed E-state index contributed by atoms with van der Waals surface area (Å²) >= 11 is 6.40. The fourth-order valence-corrected chi connectivity index (χ4v) is 3.13. The zero-order valence-corrected chi connectivity index (χ0v) is 12.5. The Hall–Kier alpha value is -0.770. The van der Waals surface area contributed by atoms with Gasteiger partial charge >= 0.3 is 0 Å². The first-order chi connectivity index (χ1) is 9.17. The molecule has 19 heavy (non-hydrogen) atoms. The highest BCUT2D eigenvalue weighted by Gasteiger charge is 2.28. The number of anilines is 1. The highest BCUT2D eigenvalue weighted by atomic mass is 35.5. The van der Waals surface area contributed by atoms with Crippen LogP contribution in [0, 0.1) is 5.92 Å². The third-order valence-electron chi connectivity index (χ3n) is 3.99. The molecule has 1 heterocycles. The molecule has 2 N–H and O–H groups in total. The summed E-state index contributed by atoms with van der Waals surface area (Å²) in [5, 5.41) is 0.815. The van der Waals surface area contributed by atoms with Gasteiger partial charge in [0.05, 0.1) is 16.8 Å². The molecule has 4 heteroatoms.